The summed E-state index contributed by atoms with van der Waals surface area (Å²) in [5.74, 6) is 0.632. The molecule has 1 saturated heterocycles. The Morgan fingerprint density at radius 1 is 1.56 bits per heavy atom. The molecule has 3 atom stereocenters. The Kier molecular flexibility index (Phi) is 0.995. The second kappa shape index (κ2) is 1.71. The summed E-state index contributed by atoms with van der Waals surface area (Å²) in [7, 11) is 0. The lowest BCUT2D eigenvalue weighted by atomic mass is 10.1. The summed E-state index contributed by atoms with van der Waals surface area (Å²) in [4.78, 5) is 0. The Labute approximate surface area is 55.0 Å². The summed E-state index contributed by atoms with van der Waals surface area (Å²) in [6, 6.07) is 0. The molecule has 2 aliphatic rings. The summed E-state index contributed by atoms with van der Waals surface area (Å²) in [6.07, 6.45) is 8.16. The van der Waals surface area contributed by atoms with Gasteiger partial charge in [-0.05, 0) is 6.42 Å². The van der Waals surface area contributed by atoms with Gasteiger partial charge in [0.25, 0.3) is 0 Å². The van der Waals surface area contributed by atoms with Gasteiger partial charge in [0.05, 0.1) is 12.2 Å². The van der Waals surface area contributed by atoms with Crippen molar-refractivity contribution in [3.05, 3.63) is 24.8 Å². The largest absolute Gasteiger partial charge is 0.366 e. The third-order valence-electron chi connectivity index (χ3n) is 2.06. The Morgan fingerprint density at radius 2 is 2.44 bits per heavy atom. The van der Waals surface area contributed by atoms with Crippen LogP contribution in [-0.2, 0) is 4.74 Å². The van der Waals surface area contributed by atoms with E-state index in [1.807, 2.05) is 6.08 Å². The summed E-state index contributed by atoms with van der Waals surface area (Å²) in [6.45, 7) is 3.70. The molecule has 1 aliphatic heterocycles. The fraction of sp³-hybridized carbons (Fsp3) is 0.500. The summed E-state index contributed by atoms with van der Waals surface area (Å²) < 4.78 is 5.50. The highest BCUT2D eigenvalue weighted by atomic mass is 16.5. The molecule has 2 bridgehead atoms. The molecule has 1 nitrogen and oxygen atoms in total. The van der Waals surface area contributed by atoms with Crippen molar-refractivity contribution < 1.29 is 4.74 Å². The molecule has 0 radical (unpaired) electrons. The van der Waals surface area contributed by atoms with Gasteiger partial charge in [0.1, 0.15) is 0 Å². The molecule has 1 heterocycles. The van der Waals surface area contributed by atoms with E-state index in [0.717, 1.165) is 0 Å². The van der Waals surface area contributed by atoms with Gasteiger partial charge in [0.2, 0.25) is 0 Å². The molecule has 2 rings (SSSR count). The van der Waals surface area contributed by atoms with Crippen molar-refractivity contribution in [2.75, 3.05) is 0 Å². The third kappa shape index (κ3) is 0.648. The van der Waals surface area contributed by atoms with Gasteiger partial charge in [-0.25, -0.2) is 0 Å². The number of hydrogen-bond donors (Lipinski definition) is 0. The number of ether oxygens (including phenoxy) is 1. The van der Waals surface area contributed by atoms with Crippen LogP contribution >= 0.6 is 0 Å². The molecule has 48 valence electrons. The van der Waals surface area contributed by atoms with Gasteiger partial charge < -0.3 is 4.74 Å². The van der Waals surface area contributed by atoms with E-state index in [0.29, 0.717) is 18.1 Å². The lowest BCUT2D eigenvalue weighted by Crippen LogP contribution is -2.13. The van der Waals surface area contributed by atoms with Crippen molar-refractivity contribution in [2.45, 2.75) is 18.6 Å². The predicted octanol–water partition coefficient (Wildman–Crippen LogP) is 1.52. The predicted molar refractivity (Wildman–Crippen MR) is 36.1 cm³/mol. The smallest absolute Gasteiger partial charge is 0.0824 e. The number of fused-ring (bicyclic) bond motifs is 2. The standard InChI is InChI=1S/C8H10O/c1-2-8-6-3-4-7(5-6)9-8/h2-4,6-8H,1,5H2. The highest BCUT2D eigenvalue weighted by molar-refractivity contribution is 5.13. The molecule has 0 spiro atoms. The molecule has 0 aromatic heterocycles. The molecule has 9 heavy (non-hydrogen) atoms. The lowest BCUT2D eigenvalue weighted by molar-refractivity contribution is 0.0867. The zero-order valence-corrected chi connectivity index (χ0v) is 5.29. The third-order valence-corrected chi connectivity index (χ3v) is 2.06. The minimum Gasteiger partial charge on any atom is -0.366 e. The van der Waals surface area contributed by atoms with E-state index in [-0.39, 0.29) is 0 Å². The van der Waals surface area contributed by atoms with Gasteiger partial charge in [0, 0.05) is 5.92 Å². The van der Waals surface area contributed by atoms with Crippen LogP contribution in [0.4, 0.5) is 0 Å². The van der Waals surface area contributed by atoms with Crippen molar-refractivity contribution in [1.82, 2.24) is 0 Å². The van der Waals surface area contributed by atoms with Crippen LogP contribution in [0.25, 0.3) is 0 Å². The van der Waals surface area contributed by atoms with Crippen molar-refractivity contribution in [3.63, 3.8) is 0 Å². The Bertz CT molecular complexity index is 160. The molecule has 0 amide bonds. The minimum atomic E-state index is 0.306. The van der Waals surface area contributed by atoms with Gasteiger partial charge >= 0.3 is 0 Å². The maximum absolute atomic E-state index is 5.50. The average Bonchev–Trinajstić information content (AvgIpc) is 2.45. The van der Waals surface area contributed by atoms with Crippen molar-refractivity contribution >= 4 is 0 Å². The molecule has 0 N–H and O–H groups in total. The first-order valence-electron chi connectivity index (χ1n) is 3.36. The molecule has 0 aromatic rings. The number of rotatable bonds is 1. The normalized spacial score (nSPS) is 46.0. The Morgan fingerprint density at radius 3 is 2.78 bits per heavy atom. The highest BCUT2D eigenvalue weighted by Crippen LogP contribution is 2.34. The van der Waals surface area contributed by atoms with Crippen molar-refractivity contribution in [3.8, 4) is 0 Å². The molecule has 3 unspecified atom stereocenters. The van der Waals surface area contributed by atoms with Crippen LogP contribution in [0, 0.1) is 5.92 Å². The second-order valence-corrected chi connectivity index (χ2v) is 2.66. The van der Waals surface area contributed by atoms with Gasteiger partial charge in [-0.2, -0.15) is 0 Å². The SMILES string of the molecule is C=CC1OC2C=CC1C2. The van der Waals surface area contributed by atoms with E-state index >= 15 is 0 Å². The van der Waals surface area contributed by atoms with Crippen LogP contribution in [0.2, 0.25) is 0 Å². The second-order valence-electron chi connectivity index (χ2n) is 2.66. The summed E-state index contributed by atoms with van der Waals surface area (Å²) in [5.41, 5.74) is 0. The van der Waals surface area contributed by atoms with Gasteiger partial charge in [-0.15, -0.1) is 6.58 Å². The topological polar surface area (TPSA) is 9.23 Å². The Balaban J connectivity index is 2.19. The van der Waals surface area contributed by atoms with Crippen LogP contribution in [0.15, 0.2) is 24.8 Å². The summed E-state index contributed by atoms with van der Waals surface area (Å²) >= 11 is 0. The fourth-order valence-electron chi connectivity index (χ4n) is 1.57. The first-order valence-corrected chi connectivity index (χ1v) is 3.36. The van der Waals surface area contributed by atoms with E-state index in [9.17, 15) is 0 Å². The maximum Gasteiger partial charge on any atom is 0.0824 e. The zero-order valence-electron chi connectivity index (χ0n) is 5.29. The molecule has 0 saturated carbocycles. The molecule has 1 aliphatic carbocycles. The lowest BCUT2D eigenvalue weighted by Gasteiger charge is -2.12. The number of hydrogen-bond acceptors (Lipinski definition) is 1. The molecule has 1 heteroatoms. The van der Waals surface area contributed by atoms with E-state index in [4.69, 9.17) is 4.74 Å². The maximum atomic E-state index is 5.50. The quantitative estimate of drug-likeness (QED) is 0.479. The van der Waals surface area contributed by atoms with E-state index in [1.54, 1.807) is 0 Å². The molecule has 1 fully saturated rings. The zero-order chi connectivity index (χ0) is 6.27. The molecular weight excluding hydrogens is 112 g/mol. The minimum absolute atomic E-state index is 0.306. The molecular formula is C8H10O. The van der Waals surface area contributed by atoms with Crippen LogP contribution in [0.5, 0.6) is 0 Å². The van der Waals surface area contributed by atoms with E-state index in [2.05, 4.69) is 18.7 Å². The van der Waals surface area contributed by atoms with Crippen LogP contribution in [-0.4, -0.2) is 12.2 Å². The van der Waals surface area contributed by atoms with Crippen LogP contribution in [0.3, 0.4) is 0 Å². The van der Waals surface area contributed by atoms with Crippen LogP contribution in [0.1, 0.15) is 6.42 Å². The summed E-state index contributed by atoms with van der Waals surface area (Å²) in [5, 5.41) is 0. The Hall–Kier alpha value is -0.560. The monoisotopic (exact) mass is 122 g/mol. The van der Waals surface area contributed by atoms with Gasteiger partial charge in [-0.1, -0.05) is 18.2 Å². The van der Waals surface area contributed by atoms with Crippen molar-refractivity contribution in [2.24, 2.45) is 5.92 Å². The molecule has 0 aromatic carbocycles. The first-order chi connectivity index (χ1) is 4.40. The van der Waals surface area contributed by atoms with E-state index < -0.39 is 0 Å². The van der Waals surface area contributed by atoms with Crippen molar-refractivity contribution in [1.29, 1.82) is 0 Å². The van der Waals surface area contributed by atoms with Crippen LogP contribution < -0.4 is 0 Å². The van der Waals surface area contributed by atoms with Gasteiger partial charge in [0.15, 0.2) is 0 Å². The highest BCUT2D eigenvalue weighted by Gasteiger charge is 2.34. The van der Waals surface area contributed by atoms with E-state index in [1.165, 1.54) is 6.42 Å². The fourth-order valence-corrected chi connectivity index (χ4v) is 1.57. The average molecular weight is 122 g/mol. The van der Waals surface area contributed by atoms with Gasteiger partial charge in [-0.3, -0.25) is 0 Å². The first kappa shape index (κ1) is 5.24.